The number of phenolic OH excluding ortho intramolecular Hbond substituents is 1. The SMILES string of the molecule is O=[N+]([O-])c1ccc(O)cc1/C=N/O. The fourth-order valence-corrected chi connectivity index (χ4v) is 0.874. The van der Waals surface area contributed by atoms with Gasteiger partial charge in [0.1, 0.15) is 5.75 Å². The van der Waals surface area contributed by atoms with Crippen molar-refractivity contribution in [1.82, 2.24) is 0 Å². The van der Waals surface area contributed by atoms with Gasteiger partial charge < -0.3 is 10.3 Å². The first-order valence-electron chi connectivity index (χ1n) is 3.30. The molecule has 1 rings (SSSR count). The smallest absolute Gasteiger partial charge is 0.278 e. The number of nitro groups is 1. The van der Waals surface area contributed by atoms with E-state index in [4.69, 9.17) is 10.3 Å². The van der Waals surface area contributed by atoms with Crippen LogP contribution in [0.25, 0.3) is 0 Å². The van der Waals surface area contributed by atoms with E-state index in [-0.39, 0.29) is 17.0 Å². The quantitative estimate of drug-likeness (QED) is 0.310. The zero-order valence-electron chi connectivity index (χ0n) is 6.41. The molecule has 0 aliphatic carbocycles. The lowest BCUT2D eigenvalue weighted by Crippen LogP contribution is -1.93. The zero-order valence-corrected chi connectivity index (χ0v) is 6.41. The number of benzene rings is 1. The average Bonchev–Trinajstić information content (AvgIpc) is 2.04. The number of phenols is 1. The minimum Gasteiger partial charge on any atom is -0.508 e. The highest BCUT2D eigenvalue weighted by Crippen LogP contribution is 2.21. The van der Waals surface area contributed by atoms with E-state index in [9.17, 15) is 10.1 Å². The number of hydrogen-bond donors (Lipinski definition) is 2. The molecule has 0 unspecified atom stereocenters. The van der Waals surface area contributed by atoms with E-state index >= 15 is 0 Å². The van der Waals surface area contributed by atoms with Gasteiger partial charge in [0.05, 0.1) is 16.7 Å². The van der Waals surface area contributed by atoms with Gasteiger partial charge in [0, 0.05) is 6.07 Å². The molecule has 2 N–H and O–H groups in total. The molecule has 0 bridgehead atoms. The van der Waals surface area contributed by atoms with E-state index in [1.807, 2.05) is 0 Å². The summed E-state index contributed by atoms with van der Waals surface area (Å²) >= 11 is 0. The summed E-state index contributed by atoms with van der Waals surface area (Å²) in [7, 11) is 0. The van der Waals surface area contributed by atoms with Crippen LogP contribution in [0.5, 0.6) is 5.75 Å². The standard InChI is InChI=1S/C7H6N2O4/c10-6-1-2-7(9(12)13)5(3-6)4-8-11/h1-4,10-11H/b8-4+. The van der Waals surface area contributed by atoms with Crippen molar-refractivity contribution < 1.29 is 15.2 Å². The summed E-state index contributed by atoms with van der Waals surface area (Å²) in [6.07, 6.45) is 0.887. The second-order valence-electron chi connectivity index (χ2n) is 2.24. The Morgan fingerprint density at radius 1 is 1.54 bits per heavy atom. The minimum atomic E-state index is -0.629. The van der Waals surface area contributed by atoms with Crippen LogP contribution in [-0.4, -0.2) is 21.5 Å². The molecule has 0 spiro atoms. The molecule has 1 aromatic carbocycles. The highest BCUT2D eigenvalue weighted by atomic mass is 16.6. The van der Waals surface area contributed by atoms with Crippen LogP contribution in [0.2, 0.25) is 0 Å². The van der Waals surface area contributed by atoms with E-state index in [1.165, 1.54) is 6.07 Å². The summed E-state index contributed by atoms with van der Waals surface area (Å²) in [5.74, 6) is -0.125. The number of hydrogen-bond acceptors (Lipinski definition) is 5. The number of oxime groups is 1. The maximum absolute atomic E-state index is 10.4. The van der Waals surface area contributed by atoms with Crippen molar-refractivity contribution in [2.45, 2.75) is 0 Å². The molecule has 0 amide bonds. The molecule has 0 atom stereocenters. The number of aromatic hydroxyl groups is 1. The maximum Gasteiger partial charge on any atom is 0.278 e. The molecule has 13 heavy (non-hydrogen) atoms. The summed E-state index contributed by atoms with van der Waals surface area (Å²) in [6, 6.07) is 3.46. The van der Waals surface area contributed by atoms with Gasteiger partial charge in [0.2, 0.25) is 0 Å². The topological polar surface area (TPSA) is 96.0 Å². The summed E-state index contributed by atoms with van der Waals surface area (Å²) in [6.45, 7) is 0. The lowest BCUT2D eigenvalue weighted by molar-refractivity contribution is -0.385. The molecule has 68 valence electrons. The van der Waals surface area contributed by atoms with Crippen LogP contribution in [0.4, 0.5) is 5.69 Å². The molecule has 0 aromatic heterocycles. The van der Waals surface area contributed by atoms with Crippen molar-refractivity contribution in [3.8, 4) is 5.75 Å². The highest BCUT2D eigenvalue weighted by Gasteiger charge is 2.11. The molecular weight excluding hydrogens is 176 g/mol. The molecule has 0 aliphatic heterocycles. The maximum atomic E-state index is 10.4. The molecule has 0 fully saturated rings. The third-order valence-corrected chi connectivity index (χ3v) is 1.40. The summed E-state index contributed by atoms with van der Waals surface area (Å²) in [5.41, 5.74) is -0.178. The Morgan fingerprint density at radius 2 is 2.23 bits per heavy atom. The molecule has 0 radical (unpaired) electrons. The first kappa shape index (κ1) is 8.98. The fraction of sp³-hybridized carbons (Fsp3) is 0. The van der Waals surface area contributed by atoms with Crippen molar-refractivity contribution in [2.24, 2.45) is 5.16 Å². The third-order valence-electron chi connectivity index (χ3n) is 1.40. The van der Waals surface area contributed by atoms with Crippen molar-refractivity contribution >= 4 is 11.9 Å². The predicted molar refractivity (Wildman–Crippen MR) is 44.1 cm³/mol. The van der Waals surface area contributed by atoms with Crippen molar-refractivity contribution in [3.63, 3.8) is 0 Å². The molecule has 0 heterocycles. The van der Waals surface area contributed by atoms with Crippen LogP contribution in [0.15, 0.2) is 23.4 Å². The normalized spacial score (nSPS) is 10.5. The number of nitrogens with zero attached hydrogens (tertiary/aromatic N) is 2. The van der Waals surface area contributed by atoms with Crippen LogP contribution in [0.1, 0.15) is 5.56 Å². The van der Waals surface area contributed by atoms with Gasteiger partial charge in [-0.05, 0) is 12.1 Å². The molecular formula is C7H6N2O4. The largest absolute Gasteiger partial charge is 0.508 e. The molecule has 0 saturated carbocycles. The van der Waals surface area contributed by atoms with Gasteiger partial charge in [0.25, 0.3) is 5.69 Å². The first-order valence-corrected chi connectivity index (χ1v) is 3.30. The lowest BCUT2D eigenvalue weighted by atomic mass is 10.2. The average molecular weight is 182 g/mol. The van der Waals surface area contributed by atoms with E-state index in [0.29, 0.717) is 0 Å². The van der Waals surface area contributed by atoms with Crippen LogP contribution < -0.4 is 0 Å². The Morgan fingerprint density at radius 3 is 2.77 bits per heavy atom. The Balaban J connectivity index is 3.26. The molecule has 1 aromatic rings. The van der Waals surface area contributed by atoms with Crippen LogP contribution in [-0.2, 0) is 0 Å². The minimum absolute atomic E-state index is 0.0486. The molecule has 6 nitrogen and oxygen atoms in total. The second-order valence-corrected chi connectivity index (χ2v) is 2.24. The van der Waals surface area contributed by atoms with E-state index < -0.39 is 4.92 Å². The number of rotatable bonds is 2. The molecule has 0 saturated heterocycles. The van der Waals surface area contributed by atoms with E-state index in [1.54, 1.807) is 0 Å². The van der Waals surface area contributed by atoms with Crippen LogP contribution in [0.3, 0.4) is 0 Å². The Hall–Kier alpha value is -2.11. The van der Waals surface area contributed by atoms with Crippen molar-refractivity contribution in [2.75, 3.05) is 0 Å². The Kier molecular flexibility index (Phi) is 2.44. The van der Waals surface area contributed by atoms with Gasteiger partial charge in [-0.25, -0.2) is 0 Å². The Bertz CT molecular complexity index is 362. The summed E-state index contributed by atoms with van der Waals surface area (Å²) in [4.78, 5) is 9.76. The van der Waals surface area contributed by atoms with Crippen molar-refractivity contribution in [3.05, 3.63) is 33.9 Å². The van der Waals surface area contributed by atoms with Gasteiger partial charge in [0.15, 0.2) is 0 Å². The molecule has 0 aliphatic rings. The van der Waals surface area contributed by atoms with Crippen molar-refractivity contribution in [1.29, 1.82) is 0 Å². The van der Waals surface area contributed by atoms with Gasteiger partial charge in [-0.2, -0.15) is 0 Å². The van der Waals surface area contributed by atoms with Crippen LogP contribution >= 0.6 is 0 Å². The third kappa shape index (κ3) is 1.92. The fourth-order valence-electron chi connectivity index (χ4n) is 0.874. The lowest BCUT2D eigenvalue weighted by Gasteiger charge is -1.96. The van der Waals surface area contributed by atoms with Gasteiger partial charge in [-0.3, -0.25) is 10.1 Å². The monoisotopic (exact) mass is 182 g/mol. The zero-order chi connectivity index (χ0) is 9.84. The molecule has 6 heteroatoms. The van der Waals surface area contributed by atoms with Gasteiger partial charge in [-0.15, -0.1) is 0 Å². The highest BCUT2D eigenvalue weighted by molar-refractivity contribution is 5.85. The van der Waals surface area contributed by atoms with Gasteiger partial charge >= 0.3 is 0 Å². The predicted octanol–water partition coefficient (Wildman–Crippen LogP) is 1.11. The summed E-state index contributed by atoms with van der Waals surface area (Å²) < 4.78 is 0. The second kappa shape index (κ2) is 3.53. The Labute approximate surface area is 72.9 Å². The van der Waals surface area contributed by atoms with Gasteiger partial charge in [-0.1, -0.05) is 5.16 Å². The van der Waals surface area contributed by atoms with E-state index in [0.717, 1.165) is 18.3 Å². The van der Waals surface area contributed by atoms with Crippen LogP contribution in [0, 0.1) is 10.1 Å². The van der Waals surface area contributed by atoms with E-state index in [2.05, 4.69) is 5.16 Å². The number of nitro benzene ring substituents is 1. The summed E-state index contributed by atoms with van der Waals surface area (Å²) in [5, 5.41) is 30.2. The first-order chi connectivity index (χ1) is 6.15.